The molecule has 3 N–H and O–H groups in total. The van der Waals surface area contributed by atoms with Gasteiger partial charge >= 0.3 is 0 Å². The summed E-state index contributed by atoms with van der Waals surface area (Å²) in [5.74, 6) is -0.198. The highest BCUT2D eigenvalue weighted by Crippen LogP contribution is 2.37. The van der Waals surface area contributed by atoms with Gasteiger partial charge in [0.25, 0.3) is 11.8 Å². The molecule has 0 unspecified atom stereocenters. The summed E-state index contributed by atoms with van der Waals surface area (Å²) in [5, 5.41) is 16.3. The maximum Gasteiger partial charge on any atom is 0.262 e. The van der Waals surface area contributed by atoms with Crippen LogP contribution in [0.2, 0.25) is 0 Å². The topological polar surface area (TPSA) is 87.7 Å². The minimum absolute atomic E-state index is 0.0365. The molecule has 3 rings (SSSR count). The number of carbonyl (C=O) groups excluding carboxylic acids is 2. The van der Waals surface area contributed by atoms with E-state index in [9.17, 15) is 14.7 Å². The SMILES string of the molecule is Cc1ccc(OCC(=O)Nc2ccccc2C(=O)Nc2cc(C)cc(C(C)(C)C)c2O)cc1. The Kier molecular flexibility index (Phi) is 7.07. The second-order valence-electron chi connectivity index (χ2n) is 9.11. The van der Waals surface area contributed by atoms with E-state index in [1.807, 2.05) is 52.8 Å². The third-order valence-electron chi connectivity index (χ3n) is 5.15. The third-order valence-corrected chi connectivity index (χ3v) is 5.15. The van der Waals surface area contributed by atoms with Crippen LogP contribution in [0.3, 0.4) is 0 Å². The number of hydrogen-bond donors (Lipinski definition) is 3. The maximum absolute atomic E-state index is 13.0. The van der Waals surface area contributed by atoms with E-state index in [4.69, 9.17) is 4.74 Å². The van der Waals surface area contributed by atoms with Gasteiger partial charge in [0.15, 0.2) is 6.61 Å². The van der Waals surface area contributed by atoms with Crippen LogP contribution in [0.5, 0.6) is 11.5 Å². The molecule has 3 aromatic rings. The lowest BCUT2D eigenvalue weighted by atomic mass is 9.85. The fourth-order valence-corrected chi connectivity index (χ4v) is 3.40. The van der Waals surface area contributed by atoms with Crippen molar-refractivity contribution in [3.63, 3.8) is 0 Å². The molecule has 33 heavy (non-hydrogen) atoms. The van der Waals surface area contributed by atoms with Crippen LogP contribution in [-0.4, -0.2) is 23.5 Å². The molecule has 0 saturated carbocycles. The number of hydrogen-bond acceptors (Lipinski definition) is 4. The lowest BCUT2D eigenvalue weighted by molar-refractivity contribution is -0.118. The monoisotopic (exact) mass is 446 g/mol. The number of aryl methyl sites for hydroxylation is 2. The lowest BCUT2D eigenvalue weighted by Gasteiger charge is -2.23. The molecule has 6 heteroatoms. The standard InChI is InChI=1S/C27H30N2O4/c1-17-10-12-19(13-11-17)33-16-24(30)28-22-9-7-6-8-20(22)26(32)29-23-15-18(2)14-21(25(23)31)27(3,4)5/h6-15,31H,16H2,1-5H3,(H,28,30)(H,29,32). The van der Waals surface area contributed by atoms with Gasteiger partial charge in [-0.3, -0.25) is 9.59 Å². The minimum atomic E-state index is -0.439. The summed E-state index contributed by atoms with van der Waals surface area (Å²) < 4.78 is 5.52. The Bertz CT molecular complexity index is 1160. The lowest BCUT2D eigenvalue weighted by Crippen LogP contribution is -2.23. The molecule has 0 radical (unpaired) electrons. The predicted octanol–water partition coefficient (Wildman–Crippen LogP) is 5.58. The number of phenols is 1. The number of anilines is 2. The Morgan fingerprint density at radius 3 is 2.21 bits per heavy atom. The average Bonchev–Trinajstić information content (AvgIpc) is 2.75. The highest BCUT2D eigenvalue weighted by Gasteiger charge is 2.22. The molecule has 0 aliphatic rings. The molecular formula is C27H30N2O4. The van der Waals surface area contributed by atoms with Crippen LogP contribution in [-0.2, 0) is 10.2 Å². The fraction of sp³-hybridized carbons (Fsp3) is 0.259. The average molecular weight is 447 g/mol. The molecule has 6 nitrogen and oxygen atoms in total. The molecule has 0 aliphatic heterocycles. The van der Waals surface area contributed by atoms with Crippen molar-refractivity contribution in [2.45, 2.75) is 40.0 Å². The Balaban J connectivity index is 1.75. The molecule has 0 fully saturated rings. The first-order chi connectivity index (χ1) is 15.5. The van der Waals surface area contributed by atoms with Crippen molar-refractivity contribution in [1.29, 1.82) is 0 Å². The number of rotatable bonds is 6. The van der Waals surface area contributed by atoms with E-state index in [1.165, 1.54) is 0 Å². The van der Waals surface area contributed by atoms with Crippen molar-refractivity contribution < 1.29 is 19.4 Å². The van der Waals surface area contributed by atoms with E-state index >= 15 is 0 Å². The first-order valence-electron chi connectivity index (χ1n) is 10.8. The van der Waals surface area contributed by atoms with Crippen LogP contribution in [0.4, 0.5) is 11.4 Å². The van der Waals surface area contributed by atoms with E-state index in [-0.39, 0.29) is 29.2 Å². The molecule has 3 aromatic carbocycles. The third kappa shape index (κ3) is 6.13. The highest BCUT2D eigenvalue weighted by atomic mass is 16.5. The second kappa shape index (κ2) is 9.77. The Labute approximate surface area is 194 Å². The van der Waals surface area contributed by atoms with Crippen molar-refractivity contribution in [1.82, 2.24) is 0 Å². The number of benzene rings is 3. The van der Waals surface area contributed by atoms with E-state index < -0.39 is 5.91 Å². The summed E-state index contributed by atoms with van der Waals surface area (Å²) in [4.78, 5) is 25.5. The minimum Gasteiger partial charge on any atom is -0.505 e. The number of carbonyl (C=O) groups is 2. The zero-order chi connectivity index (χ0) is 24.2. The van der Waals surface area contributed by atoms with Crippen LogP contribution in [0.1, 0.15) is 47.8 Å². The van der Waals surface area contributed by atoms with Gasteiger partial charge in [-0.05, 0) is 55.2 Å². The summed E-state index contributed by atoms with van der Waals surface area (Å²) in [5.41, 5.74) is 3.43. The molecule has 0 spiro atoms. The predicted molar refractivity (Wildman–Crippen MR) is 131 cm³/mol. The molecule has 0 heterocycles. The summed E-state index contributed by atoms with van der Waals surface area (Å²) in [6.07, 6.45) is 0. The number of ether oxygens (including phenoxy) is 1. The molecule has 0 bridgehead atoms. The van der Waals surface area contributed by atoms with Gasteiger partial charge < -0.3 is 20.5 Å². The number of para-hydroxylation sites is 1. The summed E-state index contributed by atoms with van der Waals surface area (Å²) >= 11 is 0. The molecule has 0 aromatic heterocycles. The van der Waals surface area contributed by atoms with Gasteiger partial charge in [-0.2, -0.15) is 0 Å². The zero-order valence-corrected chi connectivity index (χ0v) is 19.7. The van der Waals surface area contributed by atoms with Crippen LogP contribution < -0.4 is 15.4 Å². The van der Waals surface area contributed by atoms with E-state index in [2.05, 4.69) is 10.6 Å². The van der Waals surface area contributed by atoms with Gasteiger partial charge in [-0.1, -0.05) is 56.7 Å². The van der Waals surface area contributed by atoms with Crippen molar-refractivity contribution in [2.75, 3.05) is 17.2 Å². The molecule has 0 aliphatic carbocycles. The number of phenolic OH excluding ortho intramolecular Hbond substituents is 1. The fourth-order valence-electron chi connectivity index (χ4n) is 3.40. The zero-order valence-electron chi connectivity index (χ0n) is 19.7. The largest absolute Gasteiger partial charge is 0.505 e. The number of amides is 2. The van der Waals surface area contributed by atoms with Gasteiger partial charge in [0.2, 0.25) is 0 Å². The molecule has 0 saturated heterocycles. The number of nitrogens with one attached hydrogen (secondary N) is 2. The van der Waals surface area contributed by atoms with Crippen molar-refractivity contribution >= 4 is 23.2 Å². The first-order valence-corrected chi connectivity index (χ1v) is 10.8. The van der Waals surface area contributed by atoms with Crippen molar-refractivity contribution in [3.05, 3.63) is 82.9 Å². The maximum atomic E-state index is 13.0. The van der Waals surface area contributed by atoms with Crippen LogP contribution >= 0.6 is 0 Å². The Hall–Kier alpha value is -3.80. The van der Waals surface area contributed by atoms with Crippen molar-refractivity contribution in [2.24, 2.45) is 0 Å². The van der Waals surface area contributed by atoms with Gasteiger partial charge in [0.05, 0.1) is 16.9 Å². The Morgan fingerprint density at radius 2 is 1.55 bits per heavy atom. The molecular weight excluding hydrogens is 416 g/mol. The summed E-state index contributed by atoms with van der Waals surface area (Å²) in [6.45, 7) is 9.68. The van der Waals surface area contributed by atoms with E-state index in [0.29, 0.717) is 17.1 Å². The molecule has 0 atom stereocenters. The highest BCUT2D eigenvalue weighted by molar-refractivity contribution is 6.10. The van der Waals surface area contributed by atoms with Crippen LogP contribution in [0, 0.1) is 13.8 Å². The van der Waals surface area contributed by atoms with Crippen LogP contribution in [0.15, 0.2) is 60.7 Å². The van der Waals surface area contributed by atoms with E-state index in [1.54, 1.807) is 42.5 Å². The second-order valence-corrected chi connectivity index (χ2v) is 9.11. The normalized spacial score (nSPS) is 11.1. The van der Waals surface area contributed by atoms with E-state index in [0.717, 1.165) is 16.7 Å². The van der Waals surface area contributed by atoms with Crippen LogP contribution in [0.25, 0.3) is 0 Å². The molecule has 2 amide bonds. The first kappa shape index (κ1) is 23.9. The smallest absolute Gasteiger partial charge is 0.262 e. The Morgan fingerprint density at radius 1 is 0.879 bits per heavy atom. The quantitative estimate of drug-likeness (QED) is 0.432. The number of aromatic hydroxyl groups is 1. The van der Waals surface area contributed by atoms with Gasteiger partial charge in [-0.15, -0.1) is 0 Å². The van der Waals surface area contributed by atoms with Gasteiger partial charge in [-0.25, -0.2) is 0 Å². The van der Waals surface area contributed by atoms with Crippen molar-refractivity contribution in [3.8, 4) is 11.5 Å². The van der Waals surface area contributed by atoms with Gasteiger partial charge in [0, 0.05) is 5.56 Å². The van der Waals surface area contributed by atoms with Gasteiger partial charge in [0.1, 0.15) is 11.5 Å². The molecule has 172 valence electrons. The summed E-state index contributed by atoms with van der Waals surface area (Å²) in [7, 11) is 0. The summed E-state index contributed by atoms with van der Waals surface area (Å²) in [6, 6.07) is 17.7.